The molecule has 1 aliphatic carbocycles. The molecular weight excluding hydrogens is 372 g/mol. The van der Waals surface area contributed by atoms with Crippen molar-refractivity contribution >= 4 is 31.6 Å². The summed E-state index contributed by atoms with van der Waals surface area (Å²) in [5.74, 6) is 0. The lowest BCUT2D eigenvalue weighted by Crippen LogP contribution is -2.26. The zero-order valence-electron chi connectivity index (χ0n) is 15.1. The largest absolute Gasteiger partial charge is 0.378 e. The van der Waals surface area contributed by atoms with Crippen LogP contribution in [0.2, 0.25) is 0 Å². The van der Waals surface area contributed by atoms with Crippen LogP contribution in [0.4, 0.5) is 0 Å². The minimum atomic E-state index is -3.58. The van der Waals surface area contributed by atoms with E-state index in [0.717, 1.165) is 36.1 Å². The molecule has 1 fully saturated rings. The molecule has 0 bridgehead atoms. The average molecular weight is 399 g/mol. The number of ether oxygens (including phenoxy) is 1. The highest BCUT2D eigenvalue weighted by molar-refractivity contribution is 7.89. The number of benzene rings is 1. The first kappa shape index (κ1) is 19.5. The fourth-order valence-electron chi connectivity index (χ4n) is 3.32. The third-order valence-electron chi connectivity index (χ3n) is 4.67. The molecule has 1 N–H and O–H groups in total. The number of sulfonamides is 1. The molecule has 1 saturated carbocycles. The normalized spacial score (nSPS) is 15.9. The first-order valence-electron chi connectivity index (χ1n) is 9.26. The molecule has 0 unspecified atom stereocenters. The molecule has 0 saturated heterocycles. The van der Waals surface area contributed by atoms with Crippen LogP contribution in [-0.4, -0.2) is 32.2 Å². The van der Waals surface area contributed by atoms with Gasteiger partial charge in [0.15, 0.2) is 0 Å². The van der Waals surface area contributed by atoms with Crippen LogP contribution in [0.5, 0.6) is 0 Å². The van der Waals surface area contributed by atoms with Gasteiger partial charge in [-0.3, -0.25) is 9.36 Å². The van der Waals surface area contributed by atoms with Crippen molar-refractivity contribution in [2.24, 2.45) is 0 Å². The van der Waals surface area contributed by atoms with E-state index in [1.165, 1.54) is 12.8 Å². The van der Waals surface area contributed by atoms with Gasteiger partial charge in [-0.2, -0.15) is 0 Å². The van der Waals surface area contributed by atoms with Gasteiger partial charge in [-0.25, -0.2) is 13.1 Å². The fraction of sp³-hybridized carbons (Fsp3) is 0.611. The summed E-state index contributed by atoms with van der Waals surface area (Å²) in [6, 6.07) is 4.88. The third kappa shape index (κ3) is 4.54. The van der Waals surface area contributed by atoms with Gasteiger partial charge in [-0.05, 0) is 43.9 Å². The molecule has 1 heterocycles. The number of nitrogens with one attached hydrogen (secondary N) is 1. The maximum Gasteiger partial charge on any atom is 0.308 e. The highest BCUT2D eigenvalue weighted by atomic mass is 32.2. The van der Waals surface area contributed by atoms with Crippen molar-refractivity contribution < 1.29 is 13.2 Å². The SMILES string of the molecule is CCCn1c(=O)sc2cc(S(=O)(=O)NCCCOC3CCCC3)ccc21. The van der Waals surface area contributed by atoms with E-state index in [2.05, 4.69) is 4.72 Å². The molecule has 2 aromatic rings. The van der Waals surface area contributed by atoms with E-state index in [1.54, 1.807) is 22.8 Å². The molecule has 1 aliphatic rings. The molecule has 144 valence electrons. The molecule has 6 nitrogen and oxygen atoms in total. The Labute approximate surface area is 158 Å². The van der Waals surface area contributed by atoms with Gasteiger partial charge in [-0.15, -0.1) is 0 Å². The number of rotatable bonds is 9. The van der Waals surface area contributed by atoms with Crippen molar-refractivity contribution in [3.63, 3.8) is 0 Å². The summed E-state index contributed by atoms with van der Waals surface area (Å²) in [7, 11) is -3.58. The van der Waals surface area contributed by atoms with Crippen molar-refractivity contribution in [1.82, 2.24) is 9.29 Å². The van der Waals surface area contributed by atoms with Gasteiger partial charge in [0, 0.05) is 19.7 Å². The monoisotopic (exact) mass is 398 g/mol. The van der Waals surface area contributed by atoms with Gasteiger partial charge in [0.25, 0.3) is 0 Å². The topological polar surface area (TPSA) is 77.4 Å². The maximum atomic E-state index is 12.5. The number of hydrogen-bond acceptors (Lipinski definition) is 5. The van der Waals surface area contributed by atoms with Crippen LogP contribution >= 0.6 is 11.3 Å². The van der Waals surface area contributed by atoms with E-state index in [9.17, 15) is 13.2 Å². The number of nitrogens with zero attached hydrogens (tertiary/aromatic N) is 1. The Morgan fingerprint density at radius 3 is 2.81 bits per heavy atom. The standard InChI is InChI=1S/C18H26N2O4S2/c1-2-11-20-16-9-8-15(13-17(16)25-18(20)21)26(22,23)19-10-5-12-24-14-6-3-4-7-14/h8-9,13-14,19H,2-7,10-12H2,1H3. The van der Waals surface area contributed by atoms with E-state index < -0.39 is 10.0 Å². The van der Waals surface area contributed by atoms with Crippen molar-refractivity contribution in [2.45, 2.75) is 63.0 Å². The van der Waals surface area contributed by atoms with Gasteiger partial charge in [0.1, 0.15) is 0 Å². The second-order valence-corrected chi connectivity index (χ2v) is 9.44. The molecule has 0 radical (unpaired) electrons. The molecule has 26 heavy (non-hydrogen) atoms. The summed E-state index contributed by atoms with van der Waals surface area (Å²) in [5.41, 5.74) is 0.797. The predicted molar refractivity (Wildman–Crippen MR) is 104 cm³/mol. The van der Waals surface area contributed by atoms with E-state index in [1.807, 2.05) is 6.92 Å². The summed E-state index contributed by atoms with van der Waals surface area (Å²) >= 11 is 1.09. The van der Waals surface area contributed by atoms with E-state index in [-0.39, 0.29) is 9.77 Å². The highest BCUT2D eigenvalue weighted by Crippen LogP contribution is 2.22. The molecule has 1 aromatic carbocycles. The number of fused-ring (bicyclic) bond motifs is 1. The van der Waals surface area contributed by atoms with Crippen LogP contribution in [0, 0.1) is 0 Å². The first-order chi connectivity index (χ1) is 12.5. The minimum absolute atomic E-state index is 0.0478. The Bertz CT molecular complexity index is 896. The van der Waals surface area contributed by atoms with E-state index >= 15 is 0 Å². The lowest BCUT2D eigenvalue weighted by Gasteiger charge is -2.11. The quantitative estimate of drug-likeness (QED) is 0.659. The molecule has 0 aliphatic heterocycles. The lowest BCUT2D eigenvalue weighted by atomic mass is 10.3. The lowest BCUT2D eigenvalue weighted by molar-refractivity contribution is 0.0575. The number of thiazole rings is 1. The van der Waals surface area contributed by atoms with Gasteiger partial charge in [0.05, 0.1) is 21.2 Å². The molecule has 3 rings (SSSR count). The van der Waals surface area contributed by atoms with Crippen molar-refractivity contribution in [1.29, 1.82) is 0 Å². The van der Waals surface area contributed by atoms with Crippen molar-refractivity contribution in [3.05, 3.63) is 27.9 Å². The van der Waals surface area contributed by atoms with Crippen LogP contribution in [0.1, 0.15) is 45.4 Å². The Kier molecular flexibility index (Phi) is 6.50. The number of hydrogen-bond donors (Lipinski definition) is 1. The Hall–Kier alpha value is -1.22. The molecule has 1 aromatic heterocycles. The second-order valence-electron chi connectivity index (χ2n) is 6.68. The third-order valence-corrected chi connectivity index (χ3v) is 7.07. The van der Waals surface area contributed by atoms with Gasteiger partial charge < -0.3 is 4.74 Å². The molecule has 8 heteroatoms. The van der Waals surface area contributed by atoms with Crippen molar-refractivity contribution in [2.75, 3.05) is 13.2 Å². The maximum absolute atomic E-state index is 12.5. The second kappa shape index (κ2) is 8.65. The molecule has 0 atom stereocenters. The Balaban J connectivity index is 1.60. The van der Waals surface area contributed by atoms with E-state index in [4.69, 9.17) is 4.74 Å². The number of aromatic nitrogens is 1. The van der Waals surface area contributed by atoms with Crippen LogP contribution < -0.4 is 9.60 Å². The molecule has 0 amide bonds. The smallest absolute Gasteiger partial charge is 0.308 e. The van der Waals surface area contributed by atoms with Gasteiger partial charge in [0.2, 0.25) is 10.0 Å². The van der Waals surface area contributed by atoms with Crippen LogP contribution in [0.25, 0.3) is 10.2 Å². The summed E-state index contributed by atoms with van der Waals surface area (Å²) < 4.78 is 35.7. The van der Waals surface area contributed by atoms with Crippen LogP contribution in [0.15, 0.2) is 27.9 Å². The van der Waals surface area contributed by atoms with Crippen LogP contribution in [-0.2, 0) is 21.3 Å². The molecule has 0 spiro atoms. The summed E-state index contributed by atoms with van der Waals surface area (Å²) in [6.45, 7) is 3.58. The summed E-state index contributed by atoms with van der Waals surface area (Å²) in [4.78, 5) is 12.2. The van der Waals surface area contributed by atoms with Crippen LogP contribution in [0.3, 0.4) is 0 Å². The van der Waals surface area contributed by atoms with Gasteiger partial charge in [-0.1, -0.05) is 31.1 Å². The van der Waals surface area contributed by atoms with Crippen molar-refractivity contribution in [3.8, 4) is 0 Å². The highest BCUT2D eigenvalue weighted by Gasteiger charge is 2.17. The average Bonchev–Trinajstić information content (AvgIpc) is 3.22. The first-order valence-corrected chi connectivity index (χ1v) is 11.6. The predicted octanol–water partition coefficient (Wildman–Crippen LogP) is 3.10. The summed E-state index contributed by atoms with van der Waals surface area (Å²) in [5, 5.41) is 0. The van der Waals surface area contributed by atoms with E-state index in [0.29, 0.717) is 36.9 Å². The Morgan fingerprint density at radius 1 is 1.31 bits per heavy atom. The van der Waals surface area contributed by atoms with Gasteiger partial charge >= 0.3 is 4.87 Å². The Morgan fingerprint density at radius 2 is 2.08 bits per heavy atom. The fourth-order valence-corrected chi connectivity index (χ4v) is 5.45. The minimum Gasteiger partial charge on any atom is -0.378 e. The summed E-state index contributed by atoms with van der Waals surface area (Å²) in [6.07, 6.45) is 6.55. The number of aryl methyl sites for hydroxylation is 1. The molecular formula is C18H26N2O4S2. The zero-order valence-corrected chi connectivity index (χ0v) is 16.7. The zero-order chi connectivity index (χ0) is 18.6.